The van der Waals surface area contributed by atoms with Gasteiger partial charge in [-0.3, -0.25) is 14.9 Å². The molecule has 154 valence electrons. The molecule has 0 saturated heterocycles. The van der Waals surface area contributed by atoms with Crippen molar-refractivity contribution in [1.29, 1.82) is 0 Å². The number of esters is 1. The van der Waals surface area contributed by atoms with E-state index < -0.39 is 29.1 Å². The molecule has 3 N–H and O–H groups in total. The highest BCUT2D eigenvalue weighted by Crippen LogP contribution is 2.22. The van der Waals surface area contributed by atoms with Gasteiger partial charge in [-0.05, 0) is 42.5 Å². The fourth-order valence-corrected chi connectivity index (χ4v) is 2.82. The minimum atomic E-state index is -0.839. The van der Waals surface area contributed by atoms with Crippen molar-refractivity contribution in [3.63, 3.8) is 0 Å². The first kappa shape index (κ1) is 21.9. The maximum atomic E-state index is 12.1. The molecule has 2 rings (SSSR count). The Morgan fingerprint density at radius 3 is 2.38 bits per heavy atom. The zero-order valence-electron chi connectivity index (χ0n) is 16.7. The third kappa shape index (κ3) is 6.31. The van der Waals surface area contributed by atoms with Gasteiger partial charge in [0.05, 0.1) is 16.5 Å². The lowest BCUT2D eigenvalue weighted by molar-refractivity contribution is -0.383. The number of nitrogens with two attached hydrogens (primary N) is 1. The van der Waals surface area contributed by atoms with Crippen LogP contribution in [0, 0.1) is 16.0 Å². The molecule has 1 atom stereocenters. The van der Waals surface area contributed by atoms with Gasteiger partial charge >= 0.3 is 5.97 Å². The lowest BCUT2D eigenvalue weighted by atomic mass is 10.00. The normalized spacial score (nSPS) is 11.7. The number of amides is 1. The van der Waals surface area contributed by atoms with Crippen LogP contribution in [0.5, 0.6) is 0 Å². The average molecular weight is 399 g/mol. The second-order valence-corrected chi connectivity index (χ2v) is 7.24. The summed E-state index contributed by atoms with van der Waals surface area (Å²) in [5.41, 5.74) is 7.17. The van der Waals surface area contributed by atoms with E-state index in [-0.39, 0.29) is 17.3 Å². The molecule has 29 heavy (non-hydrogen) atoms. The molecule has 2 aromatic carbocycles. The van der Waals surface area contributed by atoms with Crippen LogP contribution in [-0.4, -0.2) is 23.4 Å². The molecule has 0 spiro atoms. The fourth-order valence-electron chi connectivity index (χ4n) is 2.82. The van der Waals surface area contributed by atoms with E-state index in [0.717, 1.165) is 18.1 Å². The smallest absolute Gasteiger partial charge is 0.338 e. The molecule has 0 aromatic heterocycles. The maximum Gasteiger partial charge on any atom is 0.338 e. The van der Waals surface area contributed by atoms with E-state index in [2.05, 4.69) is 19.2 Å². The number of carbonyl (C=O) groups excluding carboxylic acids is 2. The van der Waals surface area contributed by atoms with Crippen molar-refractivity contribution in [2.24, 2.45) is 5.92 Å². The summed E-state index contributed by atoms with van der Waals surface area (Å²) in [4.78, 5) is 34.4. The highest BCUT2D eigenvalue weighted by Gasteiger charge is 2.18. The van der Waals surface area contributed by atoms with Crippen LogP contribution in [0.4, 0.5) is 11.4 Å². The molecule has 8 heteroatoms. The highest BCUT2D eigenvalue weighted by molar-refractivity contribution is 5.92. The summed E-state index contributed by atoms with van der Waals surface area (Å²) in [5, 5.41) is 13.7. The number of ether oxygens (including phenoxy) is 1. The third-order valence-corrected chi connectivity index (χ3v) is 4.30. The number of carbonyl (C=O) groups is 2. The summed E-state index contributed by atoms with van der Waals surface area (Å²) in [5.74, 6) is -0.744. The molecule has 0 aliphatic heterocycles. The Balaban J connectivity index is 1.90. The van der Waals surface area contributed by atoms with E-state index in [1.165, 1.54) is 17.7 Å². The van der Waals surface area contributed by atoms with Gasteiger partial charge < -0.3 is 15.8 Å². The highest BCUT2D eigenvalue weighted by atomic mass is 16.6. The molecule has 0 unspecified atom stereocenters. The first-order chi connectivity index (χ1) is 13.7. The molecule has 0 bridgehead atoms. The van der Waals surface area contributed by atoms with E-state index in [0.29, 0.717) is 5.92 Å². The van der Waals surface area contributed by atoms with Crippen LogP contribution in [-0.2, 0) is 16.0 Å². The van der Waals surface area contributed by atoms with Gasteiger partial charge in [-0.15, -0.1) is 0 Å². The van der Waals surface area contributed by atoms with Crippen molar-refractivity contribution in [2.75, 3.05) is 12.3 Å². The first-order valence-electron chi connectivity index (χ1n) is 9.26. The van der Waals surface area contributed by atoms with Crippen molar-refractivity contribution >= 4 is 23.3 Å². The second-order valence-electron chi connectivity index (χ2n) is 7.24. The number of rotatable bonds is 8. The van der Waals surface area contributed by atoms with Crippen molar-refractivity contribution in [1.82, 2.24) is 5.32 Å². The summed E-state index contributed by atoms with van der Waals surface area (Å²) in [6, 6.07) is 11.3. The minimum absolute atomic E-state index is 0.0486. The Bertz CT molecular complexity index is 894. The molecule has 0 heterocycles. The number of hydrogen-bond acceptors (Lipinski definition) is 6. The SMILES string of the molecule is CC(C)Cc1ccc([C@H](C)NC(=O)COC(=O)c2ccc(N)c([N+](=O)[O-])c2)cc1. The average Bonchev–Trinajstić information content (AvgIpc) is 2.66. The first-order valence-corrected chi connectivity index (χ1v) is 9.26. The fraction of sp³-hybridized carbons (Fsp3) is 0.333. The summed E-state index contributed by atoms with van der Waals surface area (Å²) in [7, 11) is 0. The van der Waals surface area contributed by atoms with Crippen molar-refractivity contribution < 1.29 is 19.2 Å². The minimum Gasteiger partial charge on any atom is -0.452 e. The van der Waals surface area contributed by atoms with Crippen LogP contribution in [0.2, 0.25) is 0 Å². The summed E-state index contributed by atoms with van der Waals surface area (Å²) in [6.45, 7) is 5.65. The van der Waals surface area contributed by atoms with Crippen molar-refractivity contribution in [3.8, 4) is 0 Å². The predicted octanol–water partition coefficient (Wildman–Crippen LogP) is 3.41. The zero-order valence-corrected chi connectivity index (χ0v) is 16.7. The van der Waals surface area contributed by atoms with E-state index >= 15 is 0 Å². The van der Waals surface area contributed by atoms with Gasteiger partial charge in [0.1, 0.15) is 5.69 Å². The van der Waals surface area contributed by atoms with Gasteiger partial charge in [-0.25, -0.2) is 4.79 Å². The number of anilines is 1. The van der Waals surface area contributed by atoms with Crippen LogP contribution in [0.1, 0.15) is 48.3 Å². The Morgan fingerprint density at radius 1 is 1.14 bits per heavy atom. The number of nitro benzene ring substituents is 1. The van der Waals surface area contributed by atoms with Crippen LogP contribution >= 0.6 is 0 Å². The molecule has 2 aromatic rings. The zero-order chi connectivity index (χ0) is 21.6. The number of nitrogens with one attached hydrogen (secondary N) is 1. The molecular weight excluding hydrogens is 374 g/mol. The molecule has 0 saturated carbocycles. The quantitative estimate of drug-likeness (QED) is 0.303. The number of benzene rings is 2. The Kier molecular flexibility index (Phi) is 7.30. The number of nitrogens with zero attached hydrogens (tertiary/aromatic N) is 1. The lowest BCUT2D eigenvalue weighted by Crippen LogP contribution is -2.31. The monoisotopic (exact) mass is 399 g/mol. The molecule has 0 fully saturated rings. The Labute approximate surface area is 169 Å². The molecule has 0 aliphatic carbocycles. The second kappa shape index (κ2) is 9.68. The standard InChI is InChI=1S/C21H25N3O5/c1-13(2)10-15-4-6-16(7-5-15)14(3)23-20(25)12-29-21(26)17-8-9-18(22)19(11-17)24(27)28/h4-9,11,13-14H,10,12,22H2,1-3H3,(H,23,25)/t14-/m0/s1. The Hall–Kier alpha value is -3.42. The van der Waals surface area contributed by atoms with Crippen LogP contribution in [0.25, 0.3) is 0 Å². The molecular formula is C21H25N3O5. The molecule has 0 radical (unpaired) electrons. The van der Waals surface area contributed by atoms with Crippen molar-refractivity contribution in [3.05, 3.63) is 69.3 Å². The number of nitro groups is 1. The summed E-state index contributed by atoms with van der Waals surface area (Å²) >= 11 is 0. The van der Waals surface area contributed by atoms with Crippen LogP contribution in [0.3, 0.4) is 0 Å². The number of nitrogen functional groups attached to an aromatic ring is 1. The van der Waals surface area contributed by atoms with Gasteiger partial charge in [0, 0.05) is 6.07 Å². The summed E-state index contributed by atoms with van der Waals surface area (Å²) in [6.07, 6.45) is 0.986. The predicted molar refractivity (Wildman–Crippen MR) is 109 cm³/mol. The maximum absolute atomic E-state index is 12.1. The van der Waals surface area contributed by atoms with E-state index in [1.54, 1.807) is 0 Å². The lowest BCUT2D eigenvalue weighted by Gasteiger charge is -2.15. The van der Waals surface area contributed by atoms with Crippen molar-refractivity contribution in [2.45, 2.75) is 33.2 Å². The largest absolute Gasteiger partial charge is 0.452 e. The molecule has 0 aliphatic rings. The van der Waals surface area contributed by atoms with E-state index in [4.69, 9.17) is 10.5 Å². The molecule has 1 amide bonds. The molecule has 8 nitrogen and oxygen atoms in total. The van der Waals surface area contributed by atoms with E-state index in [9.17, 15) is 19.7 Å². The van der Waals surface area contributed by atoms with Crippen LogP contribution < -0.4 is 11.1 Å². The Morgan fingerprint density at radius 2 is 1.79 bits per heavy atom. The van der Waals surface area contributed by atoms with Gasteiger partial charge in [0.25, 0.3) is 11.6 Å². The topological polar surface area (TPSA) is 125 Å². The van der Waals surface area contributed by atoms with E-state index in [1.807, 2.05) is 31.2 Å². The van der Waals surface area contributed by atoms with Gasteiger partial charge in [-0.2, -0.15) is 0 Å². The number of hydrogen-bond donors (Lipinski definition) is 2. The van der Waals surface area contributed by atoms with Gasteiger partial charge in [-0.1, -0.05) is 38.1 Å². The summed E-state index contributed by atoms with van der Waals surface area (Å²) < 4.78 is 4.95. The third-order valence-electron chi connectivity index (χ3n) is 4.30. The van der Waals surface area contributed by atoms with Gasteiger partial charge in [0.2, 0.25) is 0 Å². The van der Waals surface area contributed by atoms with Crippen LogP contribution in [0.15, 0.2) is 42.5 Å². The van der Waals surface area contributed by atoms with Gasteiger partial charge in [0.15, 0.2) is 6.61 Å².